The smallest absolute Gasteiger partial charge is 0.337 e. The number of unbranched alkanes of at least 4 members (excludes halogenated alkanes) is 8. The van der Waals surface area contributed by atoms with Crippen molar-refractivity contribution < 1.29 is 13.9 Å². The first-order valence-corrected chi connectivity index (χ1v) is 8.55. The zero-order valence-corrected chi connectivity index (χ0v) is 14.0. The number of ether oxygens (including phenoxy) is 1. The number of hydrogen-bond donors (Lipinski definition) is 0. The summed E-state index contributed by atoms with van der Waals surface area (Å²) in [5, 5.41) is 0. The molecule has 124 valence electrons. The minimum absolute atomic E-state index is 0.229. The predicted molar refractivity (Wildman–Crippen MR) is 88.7 cm³/mol. The fourth-order valence-corrected chi connectivity index (χ4v) is 2.64. The topological polar surface area (TPSA) is 26.3 Å². The number of esters is 1. The number of benzene rings is 1. The molecule has 0 aromatic heterocycles. The normalized spacial score (nSPS) is 10.7. The summed E-state index contributed by atoms with van der Waals surface area (Å²) < 4.78 is 18.4. The molecule has 1 rings (SSSR count). The second-order valence-electron chi connectivity index (χ2n) is 5.88. The highest BCUT2D eigenvalue weighted by molar-refractivity contribution is 5.89. The fraction of sp³-hybridized carbons (Fsp3) is 0.632. The first-order valence-electron chi connectivity index (χ1n) is 8.55. The van der Waals surface area contributed by atoms with E-state index in [1.807, 2.05) is 0 Å². The molecule has 2 nitrogen and oxygen atoms in total. The van der Waals surface area contributed by atoms with Gasteiger partial charge in [0.1, 0.15) is 5.82 Å². The highest BCUT2D eigenvalue weighted by Crippen LogP contribution is 2.16. The molecule has 0 aliphatic heterocycles. The lowest BCUT2D eigenvalue weighted by molar-refractivity contribution is 0.0600. The van der Waals surface area contributed by atoms with E-state index in [1.54, 1.807) is 6.07 Å². The second kappa shape index (κ2) is 11.2. The van der Waals surface area contributed by atoms with Crippen LogP contribution in [-0.2, 0) is 11.2 Å². The van der Waals surface area contributed by atoms with Gasteiger partial charge in [-0.05, 0) is 36.6 Å². The monoisotopic (exact) mass is 308 g/mol. The maximum absolute atomic E-state index is 13.7. The maximum atomic E-state index is 13.7. The van der Waals surface area contributed by atoms with Crippen LogP contribution in [0.5, 0.6) is 0 Å². The van der Waals surface area contributed by atoms with Crippen molar-refractivity contribution in [2.45, 2.75) is 71.1 Å². The number of hydrogen-bond acceptors (Lipinski definition) is 2. The van der Waals surface area contributed by atoms with Gasteiger partial charge in [-0.1, -0.05) is 58.3 Å². The van der Waals surface area contributed by atoms with E-state index in [9.17, 15) is 9.18 Å². The molecular weight excluding hydrogens is 279 g/mol. The van der Waals surface area contributed by atoms with Gasteiger partial charge in [0.05, 0.1) is 12.7 Å². The van der Waals surface area contributed by atoms with Crippen molar-refractivity contribution in [1.29, 1.82) is 0 Å². The van der Waals surface area contributed by atoms with Gasteiger partial charge in [-0.3, -0.25) is 0 Å². The lowest BCUT2D eigenvalue weighted by atomic mass is 10.0. The summed E-state index contributed by atoms with van der Waals surface area (Å²) in [5.41, 5.74) is 1.04. The molecule has 0 unspecified atom stereocenters. The molecule has 0 fully saturated rings. The standard InChI is InChI=1S/C19H29FO2/c1-3-4-5-6-7-8-9-10-11-12-16-15-17(19(21)22-2)13-14-18(16)20/h13-15H,3-12H2,1-2H3. The average Bonchev–Trinajstić information content (AvgIpc) is 2.54. The Morgan fingerprint density at radius 3 is 2.18 bits per heavy atom. The second-order valence-corrected chi connectivity index (χ2v) is 5.88. The highest BCUT2D eigenvalue weighted by Gasteiger charge is 2.09. The summed E-state index contributed by atoms with van der Waals surface area (Å²) in [6.45, 7) is 2.23. The van der Waals surface area contributed by atoms with Crippen LogP contribution in [0.3, 0.4) is 0 Å². The lowest BCUT2D eigenvalue weighted by Gasteiger charge is -2.06. The summed E-state index contributed by atoms with van der Waals surface area (Å²) in [7, 11) is 1.34. The highest BCUT2D eigenvalue weighted by atomic mass is 19.1. The molecule has 0 heterocycles. The third-order valence-corrected chi connectivity index (χ3v) is 4.02. The quantitative estimate of drug-likeness (QED) is 0.388. The van der Waals surface area contributed by atoms with Gasteiger partial charge in [-0.15, -0.1) is 0 Å². The molecular formula is C19H29FO2. The lowest BCUT2D eigenvalue weighted by Crippen LogP contribution is -2.03. The first kappa shape index (κ1) is 18.7. The van der Waals surface area contributed by atoms with Crippen molar-refractivity contribution in [3.63, 3.8) is 0 Å². The summed E-state index contributed by atoms with van der Waals surface area (Å²) in [6.07, 6.45) is 11.9. The van der Waals surface area contributed by atoms with Crippen LogP contribution in [0.4, 0.5) is 4.39 Å². The van der Waals surface area contributed by atoms with Crippen LogP contribution in [0.1, 0.15) is 80.6 Å². The molecule has 0 aliphatic carbocycles. The van der Waals surface area contributed by atoms with Crippen molar-refractivity contribution in [1.82, 2.24) is 0 Å². The first-order chi connectivity index (χ1) is 10.7. The van der Waals surface area contributed by atoms with Crippen molar-refractivity contribution in [2.75, 3.05) is 7.11 Å². The zero-order valence-electron chi connectivity index (χ0n) is 14.0. The van der Waals surface area contributed by atoms with Crippen LogP contribution < -0.4 is 0 Å². The minimum Gasteiger partial charge on any atom is -0.465 e. The average molecular weight is 308 g/mol. The van der Waals surface area contributed by atoms with E-state index in [1.165, 1.54) is 64.2 Å². The Balaban J connectivity index is 2.23. The molecule has 0 radical (unpaired) electrons. The molecule has 0 saturated carbocycles. The van der Waals surface area contributed by atoms with Crippen LogP contribution in [0.2, 0.25) is 0 Å². The molecule has 0 aliphatic rings. The molecule has 1 aromatic carbocycles. The van der Waals surface area contributed by atoms with E-state index in [0.29, 0.717) is 17.5 Å². The molecule has 0 spiro atoms. The number of aryl methyl sites for hydroxylation is 1. The van der Waals surface area contributed by atoms with Crippen molar-refractivity contribution >= 4 is 5.97 Å². The Labute approximate surface area is 134 Å². The molecule has 3 heteroatoms. The molecule has 22 heavy (non-hydrogen) atoms. The number of halogens is 1. The van der Waals surface area contributed by atoms with Crippen LogP contribution in [-0.4, -0.2) is 13.1 Å². The summed E-state index contributed by atoms with van der Waals surface area (Å²) in [6, 6.07) is 4.45. The third kappa shape index (κ3) is 7.06. The molecule has 0 amide bonds. The maximum Gasteiger partial charge on any atom is 0.337 e. The van der Waals surface area contributed by atoms with Crippen molar-refractivity contribution in [3.05, 3.63) is 35.1 Å². The number of carbonyl (C=O) groups is 1. The minimum atomic E-state index is -0.409. The predicted octanol–water partition coefficient (Wildman–Crippen LogP) is 5.69. The van der Waals surface area contributed by atoms with Crippen LogP contribution in [0.25, 0.3) is 0 Å². The molecule has 0 saturated heterocycles. The SMILES string of the molecule is CCCCCCCCCCCc1cc(C(=O)OC)ccc1F. The van der Waals surface area contributed by atoms with E-state index in [0.717, 1.165) is 12.8 Å². The Morgan fingerprint density at radius 2 is 1.59 bits per heavy atom. The van der Waals surface area contributed by atoms with Crippen LogP contribution in [0.15, 0.2) is 18.2 Å². The summed E-state index contributed by atoms with van der Waals surface area (Å²) in [4.78, 5) is 11.5. The fourth-order valence-electron chi connectivity index (χ4n) is 2.64. The van der Waals surface area contributed by atoms with Crippen LogP contribution >= 0.6 is 0 Å². The third-order valence-electron chi connectivity index (χ3n) is 4.02. The molecule has 0 N–H and O–H groups in total. The number of carbonyl (C=O) groups excluding carboxylic acids is 1. The number of rotatable bonds is 11. The van der Waals surface area contributed by atoms with Gasteiger partial charge in [0.25, 0.3) is 0 Å². The van der Waals surface area contributed by atoms with Crippen molar-refractivity contribution in [3.8, 4) is 0 Å². The van der Waals surface area contributed by atoms with Gasteiger partial charge in [0.15, 0.2) is 0 Å². The summed E-state index contributed by atoms with van der Waals surface area (Å²) >= 11 is 0. The Bertz CT molecular complexity index is 443. The van der Waals surface area contributed by atoms with Crippen LogP contribution in [0, 0.1) is 5.82 Å². The Hall–Kier alpha value is -1.38. The largest absolute Gasteiger partial charge is 0.465 e. The Morgan fingerprint density at radius 1 is 1.00 bits per heavy atom. The Kier molecular flexibility index (Phi) is 9.52. The van der Waals surface area contributed by atoms with Gasteiger partial charge in [0, 0.05) is 0 Å². The molecule has 0 bridgehead atoms. The number of methoxy groups -OCH3 is 1. The van der Waals surface area contributed by atoms with Gasteiger partial charge >= 0.3 is 5.97 Å². The molecule has 1 aromatic rings. The molecule has 0 atom stereocenters. The van der Waals surface area contributed by atoms with Crippen molar-refractivity contribution in [2.24, 2.45) is 0 Å². The van der Waals surface area contributed by atoms with E-state index in [-0.39, 0.29) is 5.82 Å². The van der Waals surface area contributed by atoms with E-state index >= 15 is 0 Å². The van der Waals surface area contributed by atoms with E-state index in [4.69, 9.17) is 0 Å². The van der Waals surface area contributed by atoms with Gasteiger partial charge in [-0.25, -0.2) is 9.18 Å². The van der Waals surface area contributed by atoms with Gasteiger partial charge in [-0.2, -0.15) is 0 Å². The van der Waals surface area contributed by atoms with Gasteiger partial charge in [0.2, 0.25) is 0 Å². The van der Waals surface area contributed by atoms with Gasteiger partial charge < -0.3 is 4.74 Å². The zero-order chi connectivity index (χ0) is 16.2. The summed E-state index contributed by atoms with van der Waals surface area (Å²) in [5.74, 6) is -0.638. The van der Waals surface area contributed by atoms with E-state index < -0.39 is 5.97 Å². The van der Waals surface area contributed by atoms with E-state index in [2.05, 4.69) is 11.7 Å².